The Hall–Kier alpha value is -1.04. The van der Waals surface area contributed by atoms with E-state index < -0.39 is 12.1 Å². The molecule has 7 heteroatoms. The highest BCUT2D eigenvalue weighted by Crippen LogP contribution is 2.35. The fraction of sp³-hybridized carbons (Fsp3) is 0.667. The highest BCUT2D eigenvalue weighted by atomic mass is 35.5. The van der Waals surface area contributed by atoms with Crippen molar-refractivity contribution in [2.45, 2.75) is 32.9 Å². The Morgan fingerprint density at radius 3 is 2.47 bits per heavy atom. The van der Waals surface area contributed by atoms with Gasteiger partial charge >= 0.3 is 6.18 Å². The number of anilines is 1. The summed E-state index contributed by atoms with van der Waals surface area (Å²) in [5.74, 6) is -0.959. The molecule has 0 amide bonds. The summed E-state index contributed by atoms with van der Waals surface area (Å²) in [6.07, 6.45) is -3.52. The molecule has 0 bridgehead atoms. The van der Waals surface area contributed by atoms with Crippen LogP contribution in [0.1, 0.15) is 24.2 Å². The zero-order valence-corrected chi connectivity index (χ0v) is 11.5. The Kier molecular flexibility index (Phi) is 3.90. The third-order valence-electron chi connectivity index (χ3n) is 3.43. The van der Waals surface area contributed by atoms with Crippen molar-refractivity contribution in [1.82, 2.24) is 9.97 Å². The van der Waals surface area contributed by atoms with Crippen LogP contribution in [-0.2, 0) is 0 Å². The van der Waals surface area contributed by atoms with Crippen LogP contribution in [0.15, 0.2) is 0 Å². The Bertz CT molecular complexity index is 476. The van der Waals surface area contributed by atoms with Gasteiger partial charge in [0.15, 0.2) is 11.0 Å². The molecule has 1 fully saturated rings. The maximum absolute atomic E-state index is 12.8. The molecule has 1 atom stereocenters. The third-order valence-corrected chi connectivity index (χ3v) is 3.68. The van der Waals surface area contributed by atoms with E-state index in [2.05, 4.69) is 9.97 Å². The summed E-state index contributed by atoms with van der Waals surface area (Å²) in [7, 11) is 0. The van der Waals surface area contributed by atoms with Crippen LogP contribution < -0.4 is 4.90 Å². The third kappa shape index (κ3) is 3.11. The monoisotopic (exact) mass is 293 g/mol. The van der Waals surface area contributed by atoms with E-state index in [0.717, 1.165) is 0 Å². The molecule has 0 spiro atoms. The number of nitrogens with zero attached hydrogens (tertiary/aromatic N) is 3. The summed E-state index contributed by atoms with van der Waals surface area (Å²) < 4.78 is 38.3. The zero-order chi connectivity index (χ0) is 14.2. The fourth-order valence-corrected chi connectivity index (χ4v) is 2.49. The first-order valence-electron chi connectivity index (χ1n) is 6.11. The molecule has 0 aliphatic carbocycles. The largest absolute Gasteiger partial charge is 0.393 e. The van der Waals surface area contributed by atoms with Gasteiger partial charge in [-0.2, -0.15) is 13.2 Å². The quantitative estimate of drug-likeness (QED) is 0.793. The van der Waals surface area contributed by atoms with Gasteiger partial charge in [0.05, 0.1) is 17.3 Å². The smallest absolute Gasteiger partial charge is 0.353 e. The standard InChI is InChI=1S/C12H15ClF3N3/c1-7-8(2)18-11(10(13)17-7)19-5-3-4-9(6-19)12(14,15)16/h9H,3-6H2,1-2H3. The first-order chi connectivity index (χ1) is 8.79. The van der Waals surface area contributed by atoms with Gasteiger partial charge in [-0.05, 0) is 26.7 Å². The first-order valence-corrected chi connectivity index (χ1v) is 6.49. The lowest BCUT2D eigenvalue weighted by Crippen LogP contribution is -2.42. The van der Waals surface area contributed by atoms with E-state index in [0.29, 0.717) is 30.2 Å². The van der Waals surface area contributed by atoms with Crippen molar-refractivity contribution in [1.29, 1.82) is 0 Å². The van der Waals surface area contributed by atoms with Gasteiger partial charge in [0.25, 0.3) is 0 Å². The van der Waals surface area contributed by atoms with E-state index in [4.69, 9.17) is 11.6 Å². The fourth-order valence-electron chi connectivity index (χ4n) is 2.20. The molecule has 19 heavy (non-hydrogen) atoms. The van der Waals surface area contributed by atoms with E-state index in [9.17, 15) is 13.2 Å². The molecule has 0 aromatic carbocycles. The molecule has 0 N–H and O–H groups in total. The van der Waals surface area contributed by atoms with Crippen molar-refractivity contribution >= 4 is 17.4 Å². The topological polar surface area (TPSA) is 29.0 Å². The number of halogens is 4. The SMILES string of the molecule is Cc1nc(Cl)c(N2CCCC(C(F)(F)F)C2)nc1C. The van der Waals surface area contributed by atoms with Gasteiger partial charge in [0.1, 0.15) is 0 Å². The van der Waals surface area contributed by atoms with Gasteiger partial charge in [-0.15, -0.1) is 0 Å². The number of piperidine rings is 1. The second-order valence-corrected chi connectivity index (χ2v) is 5.19. The summed E-state index contributed by atoms with van der Waals surface area (Å²) in [4.78, 5) is 9.98. The van der Waals surface area contributed by atoms with Crippen LogP contribution in [0.25, 0.3) is 0 Å². The molecule has 1 aliphatic heterocycles. The Morgan fingerprint density at radius 1 is 1.21 bits per heavy atom. The lowest BCUT2D eigenvalue weighted by atomic mass is 9.97. The Labute approximate surface area is 114 Å². The van der Waals surface area contributed by atoms with E-state index in [-0.39, 0.29) is 18.1 Å². The van der Waals surface area contributed by atoms with Crippen LogP contribution in [-0.4, -0.2) is 29.2 Å². The van der Waals surface area contributed by atoms with E-state index in [1.807, 2.05) is 0 Å². The number of aryl methyl sites for hydroxylation is 2. The average molecular weight is 294 g/mol. The normalized spacial score (nSPS) is 20.7. The highest BCUT2D eigenvalue weighted by Gasteiger charge is 2.42. The van der Waals surface area contributed by atoms with Crippen LogP contribution in [0.3, 0.4) is 0 Å². The molecule has 1 aliphatic rings. The molecular weight excluding hydrogens is 279 g/mol. The van der Waals surface area contributed by atoms with Gasteiger partial charge in [0, 0.05) is 13.1 Å². The van der Waals surface area contributed by atoms with Crippen LogP contribution in [0.5, 0.6) is 0 Å². The van der Waals surface area contributed by atoms with E-state index in [1.165, 1.54) is 0 Å². The summed E-state index contributed by atoms with van der Waals surface area (Å²) in [6.45, 7) is 3.98. The molecule has 2 heterocycles. The Morgan fingerprint density at radius 2 is 1.84 bits per heavy atom. The van der Waals surface area contributed by atoms with Gasteiger partial charge in [-0.1, -0.05) is 11.6 Å². The molecule has 2 rings (SSSR count). The molecule has 1 aromatic heterocycles. The molecular formula is C12H15ClF3N3. The maximum atomic E-state index is 12.8. The van der Waals surface area contributed by atoms with Crippen LogP contribution in [0, 0.1) is 19.8 Å². The molecule has 0 radical (unpaired) electrons. The van der Waals surface area contributed by atoms with E-state index in [1.54, 1.807) is 18.7 Å². The molecule has 1 saturated heterocycles. The van der Waals surface area contributed by atoms with Crippen LogP contribution in [0.4, 0.5) is 19.0 Å². The number of aromatic nitrogens is 2. The summed E-state index contributed by atoms with van der Waals surface area (Å²) >= 11 is 6.00. The lowest BCUT2D eigenvalue weighted by Gasteiger charge is -2.34. The van der Waals surface area contributed by atoms with Crippen molar-refractivity contribution in [3.63, 3.8) is 0 Å². The second-order valence-electron chi connectivity index (χ2n) is 4.84. The minimum atomic E-state index is -4.17. The van der Waals surface area contributed by atoms with Crippen molar-refractivity contribution in [2.75, 3.05) is 18.0 Å². The summed E-state index contributed by atoms with van der Waals surface area (Å²) in [6, 6.07) is 0. The van der Waals surface area contributed by atoms with E-state index >= 15 is 0 Å². The zero-order valence-electron chi connectivity index (χ0n) is 10.8. The van der Waals surface area contributed by atoms with Crippen molar-refractivity contribution < 1.29 is 13.2 Å². The number of rotatable bonds is 1. The van der Waals surface area contributed by atoms with Crippen LogP contribution >= 0.6 is 11.6 Å². The minimum absolute atomic E-state index is 0.0968. The first kappa shape index (κ1) is 14.4. The van der Waals surface area contributed by atoms with Gasteiger partial charge < -0.3 is 4.90 Å². The maximum Gasteiger partial charge on any atom is 0.393 e. The summed E-state index contributed by atoms with van der Waals surface area (Å²) in [5.41, 5.74) is 1.38. The highest BCUT2D eigenvalue weighted by molar-refractivity contribution is 6.31. The molecule has 1 aromatic rings. The number of hydrogen-bond donors (Lipinski definition) is 0. The molecule has 106 valence electrons. The number of alkyl halides is 3. The minimum Gasteiger partial charge on any atom is -0.353 e. The molecule has 0 saturated carbocycles. The van der Waals surface area contributed by atoms with Crippen LogP contribution in [0.2, 0.25) is 5.15 Å². The lowest BCUT2D eigenvalue weighted by molar-refractivity contribution is -0.176. The predicted octanol–water partition coefficient (Wildman–Crippen LogP) is 3.53. The van der Waals surface area contributed by atoms with Crippen molar-refractivity contribution in [3.05, 3.63) is 16.5 Å². The molecule has 3 nitrogen and oxygen atoms in total. The van der Waals surface area contributed by atoms with Crippen molar-refractivity contribution in [2.24, 2.45) is 5.92 Å². The van der Waals surface area contributed by atoms with Gasteiger partial charge in [-0.25, -0.2) is 9.97 Å². The predicted molar refractivity (Wildman–Crippen MR) is 67.5 cm³/mol. The Balaban J connectivity index is 2.25. The van der Waals surface area contributed by atoms with Gasteiger partial charge in [-0.3, -0.25) is 0 Å². The molecule has 1 unspecified atom stereocenters. The number of hydrogen-bond acceptors (Lipinski definition) is 3. The van der Waals surface area contributed by atoms with Crippen molar-refractivity contribution in [3.8, 4) is 0 Å². The van der Waals surface area contributed by atoms with Gasteiger partial charge in [0.2, 0.25) is 0 Å². The summed E-state index contributed by atoms with van der Waals surface area (Å²) in [5, 5.41) is 0.172. The average Bonchev–Trinajstić information content (AvgIpc) is 2.33. The second kappa shape index (κ2) is 5.15.